The van der Waals surface area contributed by atoms with Gasteiger partial charge in [0.1, 0.15) is 12.3 Å². The standard InChI is InChI=1S/C7H8BrF3N2O/c1-13-2-5(8)6(12-13)3-14-4-7(9,10)11/h2H,3-4H2,1H3. The van der Waals surface area contributed by atoms with Gasteiger partial charge in [-0.1, -0.05) is 0 Å². The maximum atomic E-state index is 11.7. The summed E-state index contributed by atoms with van der Waals surface area (Å²) in [6, 6.07) is 0. The van der Waals surface area contributed by atoms with Crippen LogP contribution in [0, 0.1) is 0 Å². The van der Waals surface area contributed by atoms with Crippen molar-refractivity contribution in [2.45, 2.75) is 12.8 Å². The fourth-order valence-electron chi connectivity index (χ4n) is 0.867. The minimum Gasteiger partial charge on any atom is -0.366 e. The van der Waals surface area contributed by atoms with Gasteiger partial charge >= 0.3 is 6.18 Å². The van der Waals surface area contributed by atoms with Crippen LogP contribution in [0.15, 0.2) is 10.7 Å². The number of nitrogens with zero attached hydrogens (tertiary/aromatic N) is 2. The molecule has 0 aromatic carbocycles. The molecule has 0 atom stereocenters. The molecule has 0 radical (unpaired) electrons. The molecule has 0 unspecified atom stereocenters. The van der Waals surface area contributed by atoms with Crippen molar-refractivity contribution in [1.29, 1.82) is 0 Å². The molecule has 80 valence electrons. The quantitative estimate of drug-likeness (QED) is 0.844. The zero-order valence-electron chi connectivity index (χ0n) is 7.31. The van der Waals surface area contributed by atoms with Gasteiger partial charge in [0, 0.05) is 13.2 Å². The van der Waals surface area contributed by atoms with E-state index in [1.807, 2.05) is 0 Å². The first-order valence-corrected chi connectivity index (χ1v) is 4.50. The van der Waals surface area contributed by atoms with E-state index < -0.39 is 12.8 Å². The van der Waals surface area contributed by atoms with Gasteiger partial charge in [-0.2, -0.15) is 18.3 Å². The first-order chi connectivity index (χ1) is 6.38. The lowest BCUT2D eigenvalue weighted by Crippen LogP contribution is -2.16. The molecule has 0 bridgehead atoms. The van der Waals surface area contributed by atoms with Crippen molar-refractivity contribution < 1.29 is 17.9 Å². The third kappa shape index (κ3) is 3.67. The Bertz CT molecular complexity index is 310. The summed E-state index contributed by atoms with van der Waals surface area (Å²) in [6.45, 7) is -1.41. The highest BCUT2D eigenvalue weighted by atomic mass is 79.9. The predicted molar refractivity (Wildman–Crippen MR) is 46.6 cm³/mol. The van der Waals surface area contributed by atoms with Gasteiger partial charge in [-0.3, -0.25) is 4.68 Å². The highest BCUT2D eigenvalue weighted by molar-refractivity contribution is 9.10. The second-order valence-electron chi connectivity index (χ2n) is 2.71. The van der Waals surface area contributed by atoms with Gasteiger partial charge in [0.15, 0.2) is 0 Å². The molecule has 0 aliphatic carbocycles. The summed E-state index contributed by atoms with van der Waals surface area (Å²) in [7, 11) is 1.68. The monoisotopic (exact) mass is 272 g/mol. The van der Waals surface area contributed by atoms with E-state index in [1.54, 1.807) is 13.2 Å². The van der Waals surface area contributed by atoms with Crippen LogP contribution in [-0.4, -0.2) is 22.6 Å². The Morgan fingerprint density at radius 1 is 1.57 bits per heavy atom. The van der Waals surface area contributed by atoms with Crippen molar-refractivity contribution >= 4 is 15.9 Å². The zero-order valence-corrected chi connectivity index (χ0v) is 8.89. The van der Waals surface area contributed by atoms with Crippen molar-refractivity contribution in [2.24, 2.45) is 7.05 Å². The molecule has 1 aromatic heterocycles. The van der Waals surface area contributed by atoms with E-state index in [9.17, 15) is 13.2 Å². The molecular weight excluding hydrogens is 265 g/mol. The lowest BCUT2D eigenvalue weighted by molar-refractivity contribution is -0.176. The van der Waals surface area contributed by atoms with Crippen LogP contribution in [0.5, 0.6) is 0 Å². The molecular formula is C7H8BrF3N2O. The van der Waals surface area contributed by atoms with E-state index >= 15 is 0 Å². The topological polar surface area (TPSA) is 27.1 Å². The van der Waals surface area contributed by atoms with E-state index in [0.717, 1.165) is 0 Å². The first-order valence-electron chi connectivity index (χ1n) is 3.71. The fraction of sp³-hybridized carbons (Fsp3) is 0.571. The molecule has 0 N–H and O–H groups in total. The van der Waals surface area contributed by atoms with E-state index in [0.29, 0.717) is 10.2 Å². The Kier molecular flexibility index (Phi) is 3.54. The number of rotatable bonds is 3. The van der Waals surface area contributed by atoms with Crippen molar-refractivity contribution in [1.82, 2.24) is 9.78 Å². The van der Waals surface area contributed by atoms with E-state index in [-0.39, 0.29) is 6.61 Å². The maximum absolute atomic E-state index is 11.7. The maximum Gasteiger partial charge on any atom is 0.411 e. The minimum atomic E-state index is -4.29. The molecule has 0 aliphatic heterocycles. The Hall–Kier alpha value is -0.560. The highest BCUT2D eigenvalue weighted by Gasteiger charge is 2.27. The molecule has 0 amide bonds. The van der Waals surface area contributed by atoms with Gasteiger partial charge in [-0.05, 0) is 15.9 Å². The second-order valence-corrected chi connectivity index (χ2v) is 3.56. The third-order valence-electron chi connectivity index (χ3n) is 1.36. The van der Waals surface area contributed by atoms with Crippen LogP contribution in [0.4, 0.5) is 13.2 Å². The molecule has 0 aliphatic rings. The van der Waals surface area contributed by atoms with E-state index in [4.69, 9.17) is 0 Å². The van der Waals surface area contributed by atoms with Gasteiger partial charge in [0.05, 0.1) is 11.1 Å². The molecule has 3 nitrogen and oxygen atoms in total. The van der Waals surface area contributed by atoms with Crippen LogP contribution in [0.2, 0.25) is 0 Å². The SMILES string of the molecule is Cn1cc(Br)c(COCC(F)(F)F)n1. The molecule has 0 saturated heterocycles. The van der Waals surface area contributed by atoms with E-state index in [2.05, 4.69) is 25.8 Å². The summed E-state index contributed by atoms with van der Waals surface area (Å²) in [5, 5.41) is 3.91. The van der Waals surface area contributed by atoms with Crippen LogP contribution >= 0.6 is 15.9 Å². The number of aromatic nitrogens is 2. The summed E-state index contributed by atoms with van der Waals surface area (Å²) in [5.74, 6) is 0. The van der Waals surface area contributed by atoms with Crippen molar-refractivity contribution in [3.8, 4) is 0 Å². The molecule has 7 heteroatoms. The van der Waals surface area contributed by atoms with Gasteiger partial charge in [0.2, 0.25) is 0 Å². The lowest BCUT2D eigenvalue weighted by Gasteiger charge is -2.05. The van der Waals surface area contributed by atoms with Crippen molar-refractivity contribution in [3.05, 3.63) is 16.4 Å². The molecule has 1 heterocycles. The number of hydrogen-bond donors (Lipinski definition) is 0. The Morgan fingerprint density at radius 3 is 2.64 bits per heavy atom. The predicted octanol–water partition coefficient (Wildman–Crippen LogP) is 2.26. The summed E-state index contributed by atoms with van der Waals surface area (Å²) >= 11 is 3.15. The molecule has 1 rings (SSSR count). The smallest absolute Gasteiger partial charge is 0.366 e. The van der Waals surface area contributed by atoms with Crippen molar-refractivity contribution in [3.63, 3.8) is 0 Å². The van der Waals surface area contributed by atoms with Crippen LogP contribution in [0.25, 0.3) is 0 Å². The van der Waals surface area contributed by atoms with Crippen LogP contribution in [0.1, 0.15) is 5.69 Å². The number of halogens is 4. The first kappa shape index (κ1) is 11.5. The third-order valence-corrected chi connectivity index (χ3v) is 2.02. The molecule has 0 spiro atoms. The van der Waals surface area contributed by atoms with Gasteiger partial charge in [0.25, 0.3) is 0 Å². The average Bonchev–Trinajstić information content (AvgIpc) is 2.27. The fourth-order valence-corrected chi connectivity index (χ4v) is 1.36. The van der Waals surface area contributed by atoms with Crippen LogP contribution in [0.3, 0.4) is 0 Å². The number of hydrogen-bond acceptors (Lipinski definition) is 2. The normalized spacial score (nSPS) is 12.1. The van der Waals surface area contributed by atoms with Crippen LogP contribution < -0.4 is 0 Å². The largest absolute Gasteiger partial charge is 0.411 e. The summed E-state index contributed by atoms with van der Waals surface area (Å²) in [4.78, 5) is 0. The lowest BCUT2D eigenvalue weighted by atomic mass is 10.5. The summed E-state index contributed by atoms with van der Waals surface area (Å²) in [6.07, 6.45) is -2.65. The second kappa shape index (κ2) is 4.31. The molecule has 1 aromatic rings. The Labute approximate surface area is 87.0 Å². The van der Waals surface area contributed by atoms with Gasteiger partial charge in [-0.15, -0.1) is 0 Å². The Balaban J connectivity index is 2.42. The number of ether oxygens (including phenoxy) is 1. The van der Waals surface area contributed by atoms with Gasteiger partial charge < -0.3 is 4.74 Å². The van der Waals surface area contributed by atoms with Gasteiger partial charge in [-0.25, -0.2) is 0 Å². The van der Waals surface area contributed by atoms with Crippen molar-refractivity contribution in [2.75, 3.05) is 6.61 Å². The number of aryl methyl sites for hydroxylation is 1. The molecule has 14 heavy (non-hydrogen) atoms. The highest BCUT2D eigenvalue weighted by Crippen LogP contribution is 2.18. The molecule has 0 saturated carbocycles. The summed E-state index contributed by atoms with van der Waals surface area (Å²) in [5.41, 5.74) is 0.455. The zero-order chi connectivity index (χ0) is 10.8. The summed E-state index contributed by atoms with van der Waals surface area (Å²) < 4.78 is 41.7. The Morgan fingerprint density at radius 2 is 2.21 bits per heavy atom. The molecule has 0 fully saturated rings. The average molecular weight is 273 g/mol. The minimum absolute atomic E-state index is 0.152. The van der Waals surface area contributed by atoms with E-state index in [1.165, 1.54) is 4.68 Å². The van der Waals surface area contributed by atoms with Crippen LogP contribution in [-0.2, 0) is 18.4 Å². The number of alkyl halides is 3.